The molecule has 17 heavy (non-hydrogen) atoms. The first-order valence-corrected chi connectivity index (χ1v) is 7.12. The number of fused-ring (bicyclic) bond motifs is 1. The van der Waals surface area contributed by atoms with E-state index < -0.39 is 16.0 Å². The van der Waals surface area contributed by atoms with Crippen molar-refractivity contribution >= 4 is 33.8 Å². The summed E-state index contributed by atoms with van der Waals surface area (Å²) in [5.74, 6) is -0.527. The summed E-state index contributed by atoms with van der Waals surface area (Å²) in [6.07, 6.45) is 0.967. The average molecular weight is 277 g/mol. The molecule has 0 bridgehead atoms. The molecule has 0 radical (unpaired) electrons. The molecule has 2 rings (SSSR count). The molecule has 0 fully saturated rings. The van der Waals surface area contributed by atoms with E-state index in [4.69, 9.17) is 4.74 Å². The Labute approximate surface area is 102 Å². The summed E-state index contributed by atoms with van der Waals surface area (Å²) in [5, 5.41) is 0. The van der Waals surface area contributed by atoms with Crippen molar-refractivity contribution < 1.29 is 21.8 Å². The standard InChI is InChI=1S/C9H8FNO4S2/c1-17(13,14)11-7-2-5-4-15-9(12)6(5)3-8(7)16-10/h2-3,11H,4H2,1H3. The topological polar surface area (TPSA) is 72.5 Å². The van der Waals surface area contributed by atoms with Crippen LogP contribution in [0.5, 0.6) is 0 Å². The van der Waals surface area contributed by atoms with Gasteiger partial charge in [0, 0.05) is 5.56 Å². The summed E-state index contributed by atoms with van der Waals surface area (Å²) >= 11 is -0.131. The number of benzene rings is 1. The van der Waals surface area contributed by atoms with Gasteiger partial charge in [0.25, 0.3) is 0 Å². The van der Waals surface area contributed by atoms with Crippen molar-refractivity contribution in [2.75, 3.05) is 11.0 Å². The first-order valence-electron chi connectivity index (χ1n) is 4.51. The predicted octanol–water partition coefficient (Wildman–Crippen LogP) is 1.71. The van der Waals surface area contributed by atoms with Crippen LogP contribution in [0.3, 0.4) is 0 Å². The maximum Gasteiger partial charge on any atom is 0.338 e. The number of rotatable bonds is 3. The molecule has 0 saturated heterocycles. The number of hydrogen-bond acceptors (Lipinski definition) is 5. The largest absolute Gasteiger partial charge is 0.457 e. The Hall–Kier alpha value is -1.28. The monoisotopic (exact) mass is 277 g/mol. The minimum Gasteiger partial charge on any atom is -0.457 e. The molecule has 0 amide bonds. The lowest BCUT2D eigenvalue weighted by molar-refractivity contribution is 0.0535. The SMILES string of the molecule is CS(=O)(=O)Nc1cc2c(cc1SF)C(=O)OC2. The fourth-order valence-electron chi connectivity index (χ4n) is 1.50. The number of nitrogens with one attached hydrogen (secondary N) is 1. The highest BCUT2D eigenvalue weighted by atomic mass is 32.2. The van der Waals surface area contributed by atoms with Crippen molar-refractivity contribution in [1.82, 2.24) is 0 Å². The van der Waals surface area contributed by atoms with Gasteiger partial charge in [0.15, 0.2) is 0 Å². The van der Waals surface area contributed by atoms with Gasteiger partial charge >= 0.3 is 5.97 Å². The van der Waals surface area contributed by atoms with Gasteiger partial charge in [-0.05, 0) is 12.1 Å². The van der Waals surface area contributed by atoms with E-state index in [2.05, 4.69) is 4.72 Å². The van der Waals surface area contributed by atoms with Crippen LogP contribution in [0.2, 0.25) is 0 Å². The minimum absolute atomic E-state index is 0.0352. The van der Waals surface area contributed by atoms with E-state index >= 15 is 0 Å². The Balaban J connectivity index is 2.50. The summed E-state index contributed by atoms with van der Waals surface area (Å²) < 4.78 is 41.8. The van der Waals surface area contributed by atoms with Gasteiger partial charge in [0.2, 0.25) is 10.0 Å². The van der Waals surface area contributed by atoms with Crippen LogP contribution in [0, 0.1) is 0 Å². The Bertz CT molecular complexity index is 585. The summed E-state index contributed by atoms with van der Waals surface area (Å²) in [4.78, 5) is 11.3. The lowest BCUT2D eigenvalue weighted by Gasteiger charge is -2.08. The highest BCUT2D eigenvalue weighted by Gasteiger charge is 2.24. The number of halogens is 1. The quantitative estimate of drug-likeness (QED) is 0.851. The molecular formula is C9H8FNO4S2. The zero-order chi connectivity index (χ0) is 12.6. The second-order valence-corrected chi connectivity index (χ2v) is 5.88. The summed E-state index contributed by atoms with van der Waals surface area (Å²) in [6.45, 7) is 0.0733. The van der Waals surface area contributed by atoms with E-state index in [-0.39, 0.29) is 34.9 Å². The number of esters is 1. The summed E-state index contributed by atoms with van der Waals surface area (Å²) in [6, 6.07) is 2.69. The fraction of sp³-hybridized carbons (Fsp3) is 0.222. The Morgan fingerprint density at radius 1 is 1.47 bits per heavy atom. The van der Waals surface area contributed by atoms with Gasteiger partial charge in [-0.15, -0.1) is 0 Å². The number of sulfonamides is 1. The molecular weight excluding hydrogens is 269 g/mol. The molecule has 1 aromatic rings. The van der Waals surface area contributed by atoms with Crippen LogP contribution in [0.25, 0.3) is 0 Å². The van der Waals surface area contributed by atoms with E-state index in [0.717, 1.165) is 6.26 Å². The van der Waals surface area contributed by atoms with E-state index in [0.29, 0.717) is 5.56 Å². The van der Waals surface area contributed by atoms with Crippen molar-refractivity contribution in [3.63, 3.8) is 0 Å². The second kappa shape index (κ2) is 4.19. The molecule has 0 unspecified atom stereocenters. The van der Waals surface area contributed by atoms with Crippen molar-refractivity contribution in [3.05, 3.63) is 23.3 Å². The van der Waals surface area contributed by atoms with E-state index in [1.807, 2.05) is 0 Å². The van der Waals surface area contributed by atoms with Crippen molar-refractivity contribution in [2.24, 2.45) is 0 Å². The first kappa shape index (κ1) is 12.2. The first-order chi connectivity index (χ1) is 7.90. The lowest BCUT2D eigenvalue weighted by Crippen LogP contribution is -2.10. The van der Waals surface area contributed by atoms with Crippen LogP contribution in [0.15, 0.2) is 17.0 Å². The maximum atomic E-state index is 12.7. The molecule has 1 aromatic carbocycles. The van der Waals surface area contributed by atoms with Crippen LogP contribution in [0.1, 0.15) is 15.9 Å². The number of hydrogen-bond donors (Lipinski definition) is 1. The van der Waals surface area contributed by atoms with Gasteiger partial charge < -0.3 is 4.74 Å². The Morgan fingerprint density at radius 3 is 2.76 bits per heavy atom. The highest BCUT2D eigenvalue weighted by molar-refractivity contribution is 7.94. The van der Waals surface area contributed by atoms with Crippen molar-refractivity contribution in [1.29, 1.82) is 0 Å². The van der Waals surface area contributed by atoms with Crippen molar-refractivity contribution in [2.45, 2.75) is 11.5 Å². The molecule has 0 aromatic heterocycles. The average Bonchev–Trinajstić information content (AvgIpc) is 2.56. The van der Waals surface area contributed by atoms with Gasteiger partial charge in [-0.25, -0.2) is 13.2 Å². The zero-order valence-corrected chi connectivity index (χ0v) is 10.3. The molecule has 1 aliphatic heterocycles. The predicted molar refractivity (Wildman–Crippen MR) is 61.0 cm³/mol. The van der Waals surface area contributed by atoms with Crippen LogP contribution in [-0.4, -0.2) is 20.6 Å². The van der Waals surface area contributed by atoms with Gasteiger partial charge in [0.1, 0.15) is 6.61 Å². The number of anilines is 1. The van der Waals surface area contributed by atoms with Gasteiger partial charge in [-0.1, -0.05) is 0 Å². The van der Waals surface area contributed by atoms with Crippen LogP contribution >= 0.6 is 12.1 Å². The molecule has 0 aliphatic carbocycles. The molecule has 8 heteroatoms. The molecule has 1 N–H and O–H groups in total. The highest BCUT2D eigenvalue weighted by Crippen LogP contribution is 2.34. The molecule has 92 valence electrons. The Kier molecular flexibility index (Phi) is 3.00. The minimum atomic E-state index is -3.50. The number of ether oxygens (including phenoxy) is 1. The van der Waals surface area contributed by atoms with E-state index in [1.54, 1.807) is 0 Å². The van der Waals surface area contributed by atoms with Gasteiger partial charge in [-0.2, -0.15) is 3.89 Å². The molecule has 5 nitrogen and oxygen atoms in total. The third-order valence-electron chi connectivity index (χ3n) is 2.16. The molecule has 1 heterocycles. The lowest BCUT2D eigenvalue weighted by atomic mass is 10.1. The van der Waals surface area contributed by atoms with Crippen LogP contribution in [-0.2, 0) is 21.4 Å². The number of carbonyl (C=O) groups is 1. The normalized spacial score (nSPS) is 14.4. The number of carbonyl (C=O) groups excluding carboxylic acids is 1. The number of cyclic esters (lactones) is 1. The third kappa shape index (κ3) is 2.52. The Morgan fingerprint density at radius 2 is 2.18 bits per heavy atom. The molecule has 0 atom stereocenters. The molecule has 1 aliphatic rings. The fourth-order valence-corrected chi connectivity index (χ4v) is 2.49. The summed E-state index contributed by atoms with van der Waals surface area (Å²) in [5.41, 5.74) is 0.917. The maximum absolute atomic E-state index is 12.7. The molecule has 0 spiro atoms. The van der Waals surface area contributed by atoms with E-state index in [1.165, 1.54) is 12.1 Å². The smallest absolute Gasteiger partial charge is 0.338 e. The van der Waals surface area contributed by atoms with E-state index in [9.17, 15) is 17.1 Å². The summed E-state index contributed by atoms with van der Waals surface area (Å²) in [7, 11) is -3.50. The van der Waals surface area contributed by atoms with Crippen LogP contribution in [0.4, 0.5) is 9.57 Å². The van der Waals surface area contributed by atoms with Crippen LogP contribution < -0.4 is 4.72 Å². The zero-order valence-electron chi connectivity index (χ0n) is 8.69. The van der Waals surface area contributed by atoms with Gasteiger partial charge in [-0.3, -0.25) is 4.72 Å². The molecule has 0 saturated carbocycles. The van der Waals surface area contributed by atoms with Crippen molar-refractivity contribution in [3.8, 4) is 0 Å². The second-order valence-electron chi connectivity index (χ2n) is 3.53. The third-order valence-corrected chi connectivity index (χ3v) is 3.26. The van der Waals surface area contributed by atoms with Gasteiger partial charge in [0.05, 0.1) is 34.5 Å².